The van der Waals surface area contributed by atoms with E-state index in [0.29, 0.717) is 22.5 Å². The van der Waals surface area contributed by atoms with E-state index in [4.69, 9.17) is 28.9 Å². The Bertz CT molecular complexity index is 535. The minimum Gasteiger partial charge on any atom is -0.342 e. The summed E-state index contributed by atoms with van der Waals surface area (Å²) >= 11 is 12.3. The third-order valence-electron chi connectivity index (χ3n) is 4.42. The SMILES string of the molecule is NC[C@@H]1CCN(C(=O)[C@H]2C[C@H]2c2cccc(Cl)c2Cl)C1. The van der Waals surface area contributed by atoms with Crippen molar-refractivity contribution in [3.8, 4) is 0 Å². The number of rotatable bonds is 3. The fraction of sp³-hybridized carbons (Fsp3) is 0.533. The number of nitrogens with zero attached hydrogens (tertiary/aromatic N) is 1. The second-order valence-corrected chi connectivity index (χ2v) is 6.55. The van der Waals surface area contributed by atoms with Gasteiger partial charge in [0.05, 0.1) is 10.0 Å². The second kappa shape index (κ2) is 5.55. The van der Waals surface area contributed by atoms with Crippen LogP contribution in [-0.4, -0.2) is 30.4 Å². The van der Waals surface area contributed by atoms with Gasteiger partial charge in [-0.15, -0.1) is 0 Å². The van der Waals surface area contributed by atoms with Gasteiger partial charge in [0, 0.05) is 19.0 Å². The zero-order chi connectivity index (χ0) is 14.3. The second-order valence-electron chi connectivity index (χ2n) is 5.77. The van der Waals surface area contributed by atoms with Crippen molar-refractivity contribution in [1.29, 1.82) is 0 Å². The molecule has 1 aliphatic heterocycles. The minimum atomic E-state index is 0.0718. The maximum absolute atomic E-state index is 12.5. The lowest BCUT2D eigenvalue weighted by molar-refractivity contribution is -0.131. The Kier molecular flexibility index (Phi) is 3.93. The Morgan fingerprint density at radius 1 is 1.40 bits per heavy atom. The van der Waals surface area contributed by atoms with E-state index in [1.54, 1.807) is 6.07 Å². The van der Waals surface area contributed by atoms with Crippen LogP contribution in [0.4, 0.5) is 0 Å². The van der Waals surface area contributed by atoms with E-state index in [-0.39, 0.29) is 17.7 Å². The van der Waals surface area contributed by atoms with Crippen molar-refractivity contribution < 1.29 is 4.79 Å². The van der Waals surface area contributed by atoms with Crippen molar-refractivity contribution in [2.75, 3.05) is 19.6 Å². The molecule has 1 aromatic rings. The van der Waals surface area contributed by atoms with Gasteiger partial charge in [-0.05, 0) is 42.9 Å². The first kappa shape index (κ1) is 14.2. The molecule has 20 heavy (non-hydrogen) atoms. The summed E-state index contributed by atoms with van der Waals surface area (Å²) in [5, 5.41) is 1.15. The molecule has 0 bridgehead atoms. The Morgan fingerprint density at radius 3 is 2.90 bits per heavy atom. The Balaban J connectivity index is 1.67. The number of amides is 1. The van der Waals surface area contributed by atoms with E-state index >= 15 is 0 Å². The zero-order valence-electron chi connectivity index (χ0n) is 11.2. The summed E-state index contributed by atoms with van der Waals surface area (Å²) in [6.45, 7) is 2.31. The van der Waals surface area contributed by atoms with Crippen molar-refractivity contribution >= 4 is 29.1 Å². The molecule has 108 valence electrons. The standard InChI is InChI=1S/C15H18Cl2N2O/c16-13-3-1-2-10(14(13)17)11-6-12(11)15(20)19-5-4-9(7-18)8-19/h1-3,9,11-12H,4-8,18H2/t9-,11-,12-/m0/s1. The smallest absolute Gasteiger partial charge is 0.226 e. The van der Waals surface area contributed by atoms with E-state index in [1.807, 2.05) is 17.0 Å². The molecule has 3 rings (SSSR count). The first-order valence-electron chi connectivity index (χ1n) is 7.04. The van der Waals surface area contributed by atoms with Crippen molar-refractivity contribution in [2.45, 2.75) is 18.8 Å². The molecule has 1 heterocycles. The molecule has 1 aliphatic carbocycles. The lowest BCUT2D eigenvalue weighted by atomic mass is 10.1. The van der Waals surface area contributed by atoms with Crippen LogP contribution < -0.4 is 5.73 Å². The highest BCUT2D eigenvalue weighted by atomic mass is 35.5. The van der Waals surface area contributed by atoms with Crippen molar-refractivity contribution in [1.82, 2.24) is 4.90 Å². The summed E-state index contributed by atoms with van der Waals surface area (Å²) in [5.74, 6) is 1.01. The van der Waals surface area contributed by atoms with Crippen LogP contribution in [0, 0.1) is 11.8 Å². The first-order chi connectivity index (χ1) is 9.61. The van der Waals surface area contributed by atoms with Crippen LogP contribution in [0.15, 0.2) is 18.2 Å². The fourth-order valence-corrected chi connectivity index (χ4v) is 3.53. The number of carbonyl (C=O) groups is 1. The Labute approximate surface area is 129 Å². The molecule has 0 spiro atoms. The number of likely N-dealkylation sites (tertiary alicyclic amines) is 1. The average Bonchev–Trinajstić information content (AvgIpc) is 3.09. The minimum absolute atomic E-state index is 0.0718. The van der Waals surface area contributed by atoms with E-state index < -0.39 is 0 Å². The molecule has 2 N–H and O–H groups in total. The van der Waals surface area contributed by atoms with Crippen LogP contribution in [0.5, 0.6) is 0 Å². The Hall–Kier alpha value is -0.770. The number of hydrogen-bond donors (Lipinski definition) is 1. The maximum Gasteiger partial charge on any atom is 0.226 e. The van der Waals surface area contributed by atoms with Gasteiger partial charge in [-0.1, -0.05) is 35.3 Å². The van der Waals surface area contributed by atoms with Crippen LogP contribution in [0.3, 0.4) is 0 Å². The molecule has 1 saturated carbocycles. The van der Waals surface area contributed by atoms with Gasteiger partial charge < -0.3 is 10.6 Å². The summed E-state index contributed by atoms with van der Waals surface area (Å²) in [4.78, 5) is 14.4. The average molecular weight is 313 g/mol. The van der Waals surface area contributed by atoms with Gasteiger partial charge in [0.15, 0.2) is 0 Å². The molecular formula is C15H18Cl2N2O. The number of hydrogen-bond acceptors (Lipinski definition) is 2. The van der Waals surface area contributed by atoms with Crippen LogP contribution in [-0.2, 0) is 4.79 Å². The predicted molar refractivity (Wildman–Crippen MR) is 81.1 cm³/mol. The molecular weight excluding hydrogens is 295 g/mol. The maximum atomic E-state index is 12.5. The normalized spacial score (nSPS) is 28.8. The number of carbonyl (C=O) groups excluding carboxylic acids is 1. The first-order valence-corrected chi connectivity index (χ1v) is 7.80. The highest BCUT2D eigenvalue weighted by Gasteiger charge is 2.47. The number of nitrogens with two attached hydrogens (primary N) is 1. The van der Waals surface area contributed by atoms with E-state index in [9.17, 15) is 4.79 Å². The van der Waals surface area contributed by atoms with Crippen molar-refractivity contribution in [3.05, 3.63) is 33.8 Å². The van der Waals surface area contributed by atoms with Crippen LogP contribution in [0.25, 0.3) is 0 Å². The molecule has 0 aromatic heterocycles. The summed E-state index contributed by atoms with van der Waals surface area (Å²) in [6, 6.07) is 5.64. The molecule has 2 fully saturated rings. The third-order valence-corrected chi connectivity index (χ3v) is 5.25. The predicted octanol–water partition coefficient (Wildman–Crippen LogP) is 2.90. The molecule has 1 aromatic carbocycles. The van der Waals surface area contributed by atoms with E-state index in [2.05, 4.69) is 0 Å². The quantitative estimate of drug-likeness (QED) is 0.932. The highest BCUT2D eigenvalue weighted by molar-refractivity contribution is 6.42. The van der Waals surface area contributed by atoms with Crippen LogP contribution in [0.1, 0.15) is 24.3 Å². The molecule has 0 unspecified atom stereocenters. The van der Waals surface area contributed by atoms with E-state index in [1.165, 1.54) is 0 Å². The monoisotopic (exact) mass is 312 g/mol. The molecule has 3 nitrogen and oxygen atoms in total. The molecule has 3 atom stereocenters. The summed E-state index contributed by atoms with van der Waals surface area (Å²) in [7, 11) is 0. The summed E-state index contributed by atoms with van der Waals surface area (Å²) in [6.07, 6.45) is 1.90. The van der Waals surface area contributed by atoms with Crippen molar-refractivity contribution in [3.63, 3.8) is 0 Å². The molecule has 1 saturated heterocycles. The molecule has 5 heteroatoms. The summed E-state index contributed by atoms with van der Waals surface area (Å²) in [5.41, 5.74) is 6.68. The van der Waals surface area contributed by atoms with Gasteiger partial charge in [0.2, 0.25) is 5.91 Å². The van der Waals surface area contributed by atoms with Gasteiger partial charge in [-0.25, -0.2) is 0 Å². The number of halogens is 2. The summed E-state index contributed by atoms with van der Waals surface area (Å²) < 4.78 is 0. The Morgan fingerprint density at radius 2 is 2.20 bits per heavy atom. The molecule has 2 aliphatic rings. The zero-order valence-corrected chi connectivity index (χ0v) is 12.7. The van der Waals surface area contributed by atoms with Gasteiger partial charge >= 0.3 is 0 Å². The molecule has 1 amide bonds. The lowest BCUT2D eigenvalue weighted by Crippen LogP contribution is -2.31. The van der Waals surface area contributed by atoms with Gasteiger partial charge in [-0.2, -0.15) is 0 Å². The van der Waals surface area contributed by atoms with Gasteiger partial charge in [0.25, 0.3) is 0 Å². The van der Waals surface area contributed by atoms with E-state index in [0.717, 1.165) is 31.5 Å². The third kappa shape index (κ3) is 2.54. The van der Waals surface area contributed by atoms with Crippen LogP contribution in [0.2, 0.25) is 10.0 Å². The van der Waals surface area contributed by atoms with Gasteiger partial charge in [-0.3, -0.25) is 4.79 Å². The fourth-order valence-electron chi connectivity index (χ4n) is 3.08. The molecule has 0 radical (unpaired) electrons. The topological polar surface area (TPSA) is 46.3 Å². The highest BCUT2D eigenvalue weighted by Crippen LogP contribution is 2.51. The lowest BCUT2D eigenvalue weighted by Gasteiger charge is -2.16. The van der Waals surface area contributed by atoms with Crippen LogP contribution >= 0.6 is 23.2 Å². The van der Waals surface area contributed by atoms with Gasteiger partial charge in [0.1, 0.15) is 0 Å². The number of benzene rings is 1. The van der Waals surface area contributed by atoms with Crippen molar-refractivity contribution in [2.24, 2.45) is 17.6 Å². The largest absolute Gasteiger partial charge is 0.342 e.